The number of alkyl halides is 3. The molecule has 0 bridgehead atoms. The van der Waals surface area contributed by atoms with Gasteiger partial charge in [-0.3, -0.25) is 0 Å². The lowest BCUT2D eigenvalue weighted by molar-refractivity contribution is 0.0512. The van der Waals surface area contributed by atoms with Crippen molar-refractivity contribution in [3.05, 3.63) is 29.8 Å². The zero-order chi connectivity index (χ0) is 16.5. The first kappa shape index (κ1) is 16.7. The minimum atomic E-state index is -1.91. The summed E-state index contributed by atoms with van der Waals surface area (Å²) in [4.78, 5) is 15.7. The van der Waals surface area contributed by atoms with E-state index in [1.807, 2.05) is 0 Å². The Labute approximate surface area is 141 Å². The molecule has 1 heterocycles. The monoisotopic (exact) mass is 363 g/mol. The number of carbonyl (C=O) groups is 1. The molecular formula is C12H12Cl3N5O2. The fourth-order valence-electron chi connectivity index (χ4n) is 1.71. The van der Waals surface area contributed by atoms with E-state index >= 15 is 0 Å². The van der Waals surface area contributed by atoms with Crippen LogP contribution in [0.3, 0.4) is 0 Å². The summed E-state index contributed by atoms with van der Waals surface area (Å²) in [7, 11) is 0. The zero-order valence-electron chi connectivity index (χ0n) is 11.4. The number of nitrogens with two attached hydrogens (primary N) is 2. The average Bonchev–Trinajstić information content (AvgIpc) is 2.84. The molecule has 0 fully saturated rings. The Kier molecular flexibility index (Phi) is 4.69. The number of nitrogen functional groups attached to an aromatic ring is 2. The molecule has 0 radical (unpaired) electrons. The lowest BCUT2D eigenvalue weighted by Crippen LogP contribution is -2.13. The summed E-state index contributed by atoms with van der Waals surface area (Å²) in [6.45, 7) is 1.82. The van der Waals surface area contributed by atoms with Crippen LogP contribution in [0.2, 0.25) is 0 Å². The van der Waals surface area contributed by atoms with E-state index < -0.39 is 9.76 Å². The SMILES string of the molecule is CCOC(=O)c1nc(C(Cl)(Cl)Cl)n(-c2ccc(N)cc2N)n1. The molecule has 0 amide bonds. The molecule has 0 atom stereocenters. The number of hydrogen-bond donors (Lipinski definition) is 2. The Morgan fingerprint density at radius 2 is 2.05 bits per heavy atom. The third-order valence-electron chi connectivity index (χ3n) is 2.60. The van der Waals surface area contributed by atoms with Gasteiger partial charge in [-0.25, -0.2) is 14.5 Å². The van der Waals surface area contributed by atoms with Crippen LogP contribution in [0.1, 0.15) is 23.4 Å². The van der Waals surface area contributed by atoms with Crippen molar-refractivity contribution in [3.8, 4) is 5.69 Å². The van der Waals surface area contributed by atoms with Gasteiger partial charge in [-0.15, -0.1) is 5.10 Å². The van der Waals surface area contributed by atoms with E-state index in [0.717, 1.165) is 0 Å². The molecule has 4 N–H and O–H groups in total. The molecule has 0 spiro atoms. The number of esters is 1. The normalized spacial score (nSPS) is 11.5. The van der Waals surface area contributed by atoms with Gasteiger partial charge in [0.05, 0.1) is 18.0 Å². The van der Waals surface area contributed by atoms with Crippen molar-refractivity contribution in [3.63, 3.8) is 0 Å². The molecule has 1 aromatic carbocycles. The molecule has 0 aliphatic rings. The molecule has 0 unspecified atom stereocenters. The molecule has 22 heavy (non-hydrogen) atoms. The summed E-state index contributed by atoms with van der Waals surface area (Å²) in [6.07, 6.45) is 0. The highest BCUT2D eigenvalue weighted by atomic mass is 35.6. The van der Waals surface area contributed by atoms with Gasteiger partial charge in [0.2, 0.25) is 3.79 Å². The standard InChI is InChI=1S/C12H12Cl3N5O2/c1-2-22-10(21)9-18-11(12(13,14)15)20(19-9)8-4-3-6(16)5-7(8)17/h3-5H,2,16-17H2,1H3. The molecule has 1 aromatic heterocycles. The Morgan fingerprint density at radius 1 is 1.36 bits per heavy atom. The number of ether oxygens (including phenoxy) is 1. The summed E-state index contributed by atoms with van der Waals surface area (Å²) in [5, 5.41) is 4.01. The van der Waals surface area contributed by atoms with Gasteiger partial charge in [0.15, 0.2) is 5.82 Å². The predicted molar refractivity (Wildman–Crippen MR) is 85.4 cm³/mol. The summed E-state index contributed by atoms with van der Waals surface area (Å²) < 4.78 is 4.10. The Morgan fingerprint density at radius 3 is 2.59 bits per heavy atom. The van der Waals surface area contributed by atoms with Crippen molar-refractivity contribution in [1.82, 2.24) is 14.8 Å². The molecule has 0 saturated carbocycles. The Bertz CT molecular complexity index is 711. The maximum Gasteiger partial charge on any atom is 0.378 e. The summed E-state index contributed by atoms with van der Waals surface area (Å²) in [5.41, 5.74) is 12.7. The van der Waals surface area contributed by atoms with Gasteiger partial charge in [-0.1, -0.05) is 34.8 Å². The highest BCUT2D eigenvalue weighted by molar-refractivity contribution is 6.66. The van der Waals surface area contributed by atoms with E-state index in [1.54, 1.807) is 19.1 Å². The zero-order valence-corrected chi connectivity index (χ0v) is 13.7. The average molecular weight is 365 g/mol. The number of rotatable bonds is 3. The first-order chi connectivity index (χ1) is 10.2. The largest absolute Gasteiger partial charge is 0.460 e. The lowest BCUT2D eigenvalue weighted by Gasteiger charge is -2.13. The topological polar surface area (TPSA) is 109 Å². The molecule has 2 aromatic rings. The van der Waals surface area contributed by atoms with Crippen LogP contribution >= 0.6 is 34.8 Å². The van der Waals surface area contributed by atoms with Gasteiger partial charge in [0.1, 0.15) is 0 Å². The Hall–Kier alpha value is -1.70. The molecule has 0 saturated heterocycles. The second kappa shape index (κ2) is 6.20. The summed E-state index contributed by atoms with van der Waals surface area (Å²) in [6, 6.07) is 4.69. The van der Waals surface area contributed by atoms with Crippen molar-refractivity contribution < 1.29 is 9.53 Å². The third-order valence-corrected chi connectivity index (χ3v) is 3.11. The number of anilines is 2. The minimum absolute atomic E-state index is 0.0861. The van der Waals surface area contributed by atoms with Crippen LogP contribution in [0, 0.1) is 0 Å². The number of halogens is 3. The van der Waals surface area contributed by atoms with Gasteiger partial charge < -0.3 is 16.2 Å². The summed E-state index contributed by atoms with van der Waals surface area (Å²) >= 11 is 17.6. The van der Waals surface area contributed by atoms with Crippen LogP contribution in [0.5, 0.6) is 0 Å². The smallest absolute Gasteiger partial charge is 0.378 e. The van der Waals surface area contributed by atoms with Crippen LogP contribution < -0.4 is 11.5 Å². The van der Waals surface area contributed by atoms with E-state index in [0.29, 0.717) is 11.4 Å². The molecule has 10 heteroatoms. The molecule has 118 valence electrons. The van der Waals surface area contributed by atoms with Crippen molar-refractivity contribution >= 4 is 52.1 Å². The summed E-state index contributed by atoms with van der Waals surface area (Å²) in [5.74, 6) is -1.05. The van der Waals surface area contributed by atoms with Crippen molar-refractivity contribution in [2.75, 3.05) is 18.1 Å². The fraction of sp³-hybridized carbons (Fsp3) is 0.250. The molecule has 2 rings (SSSR count). The van der Waals surface area contributed by atoms with Gasteiger partial charge in [0.25, 0.3) is 5.82 Å². The van der Waals surface area contributed by atoms with E-state index in [1.165, 1.54) is 10.7 Å². The van der Waals surface area contributed by atoms with Crippen molar-refractivity contribution in [2.45, 2.75) is 10.7 Å². The molecule has 7 nitrogen and oxygen atoms in total. The van der Waals surface area contributed by atoms with Gasteiger partial charge in [-0.05, 0) is 25.1 Å². The number of carbonyl (C=O) groups excluding carboxylic acids is 1. The van der Waals surface area contributed by atoms with Crippen LogP contribution in [-0.2, 0) is 8.53 Å². The van der Waals surface area contributed by atoms with Crippen molar-refractivity contribution in [2.24, 2.45) is 0 Å². The highest BCUT2D eigenvalue weighted by Gasteiger charge is 2.33. The number of hydrogen-bond acceptors (Lipinski definition) is 6. The van der Waals surface area contributed by atoms with E-state index in [-0.39, 0.29) is 23.9 Å². The second-order valence-electron chi connectivity index (χ2n) is 4.21. The molecule has 0 aliphatic carbocycles. The minimum Gasteiger partial charge on any atom is -0.460 e. The van der Waals surface area contributed by atoms with E-state index in [2.05, 4.69) is 10.1 Å². The number of aromatic nitrogens is 3. The van der Waals surface area contributed by atoms with E-state index in [9.17, 15) is 4.79 Å². The highest BCUT2D eigenvalue weighted by Crippen LogP contribution is 2.38. The number of benzene rings is 1. The van der Waals surface area contributed by atoms with Crippen LogP contribution in [0.15, 0.2) is 18.2 Å². The third kappa shape index (κ3) is 3.37. The van der Waals surface area contributed by atoms with Crippen LogP contribution in [0.4, 0.5) is 11.4 Å². The predicted octanol–water partition coefficient (Wildman–Crippen LogP) is 2.44. The van der Waals surface area contributed by atoms with E-state index in [4.69, 9.17) is 51.0 Å². The lowest BCUT2D eigenvalue weighted by atomic mass is 10.2. The van der Waals surface area contributed by atoms with Gasteiger partial charge >= 0.3 is 5.97 Å². The maximum atomic E-state index is 11.8. The second-order valence-corrected chi connectivity index (χ2v) is 6.49. The first-order valence-corrected chi connectivity index (χ1v) is 7.24. The van der Waals surface area contributed by atoms with Gasteiger partial charge in [0, 0.05) is 5.69 Å². The maximum absolute atomic E-state index is 11.8. The Balaban J connectivity index is 2.60. The van der Waals surface area contributed by atoms with Crippen molar-refractivity contribution in [1.29, 1.82) is 0 Å². The van der Waals surface area contributed by atoms with Crippen LogP contribution in [-0.4, -0.2) is 27.3 Å². The quantitative estimate of drug-likeness (QED) is 0.492. The molecular weight excluding hydrogens is 353 g/mol. The number of nitrogens with zero attached hydrogens (tertiary/aromatic N) is 3. The van der Waals surface area contributed by atoms with Gasteiger partial charge in [-0.2, -0.15) is 0 Å². The molecule has 0 aliphatic heterocycles. The fourth-order valence-corrected chi connectivity index (χ4v) is 2.08. The first-order valence-electron chi connectivity index (χ1n) is 6.10. The van der Waals surface area contributed by atoms with Crippen LogP contribution in [0.25, 0.3) is 5.69 Å².